The third-order valence-corrected chi connectivity index (χ3v) is 5.02. The Morgan fingerprint density at radius 1 is 1.19 bits per heavy atom. The van der Waals surface area contributed by atoms with Crippen molar-refractivity contribution in [1.82, 2.24) is 5.32 Å². The largest absolute Gasteiger partial charge is 0.374 e. The smallest absolute Gasteiger partial charge is 0.0806 e. The van der Waals surface area contributed by atoms with Crippen LogP contribution >= 0.6 is 0 Å². The molecule has 0 aromatic rings. The first-order valence-corrected chi connectivity index (χ1v) is 9.13. The lowest BCUT2D eigenvalue weighted by Gasteiger charge is -2.42. The van der Waals surface area contributed by atoms with Crippen LogP contribution in [-0.2, 0) is 4.74 Å². The Morgan fingerprint density at radius 2 is 1.81 bits per heavy atom. The molecule has 0 radical (unpaired) electrons. The minimum absolute atomic E-state index is 0.103. The van der Waals surface area contributed by atoms with E-state index in [1.54, 1.807) is 0 Å². The predicted molar refractivity (Wildman–Crippen MR) is 92.7 cm³/mol. The van der Waals surface area contributed by atoms with Gasteiger partial charge in [0.05, 0.1) is 5.60 Å². The fraction of sp³-hybridized carbons (Fsp3) is 1.00. The predicted octanol–water partition coefficient (Wildman–Crippen LogP) is 5.02. The van der Waals surface area contributed by atoms with Gasteiger partial charge in [-0.2, -0.15) is 0 Å². The summed E-state index contributed by atoms with van der Waals surface area (Å²) in [6.45, 7) is 16.9. The van der Waals surface area contributed by atoms with Crippen molar-refractivity contribution in [2.24, 2.45) is 17.3 Å². The third-order valence-electron chi connectivity index (χ3n) is 5.02. The molecule has 0 saturated heterocycles. The number of ether oxygens (including phenoxy) is 1. The third kappa shape index (κ3) is 7.15. The number of rotatable bonds is 8. The maximum atomic E-state index is 6.46. The molecule has 0 aromatic heterocycles. The highest BCUT2D eigenvalue weighted by Crippen LogP contribution is 2.38. The van der Waals surface area contributed by atoms with Gasteiger partial charge >= 0.3 is 0 Å². The van der Waals surface area contributed by atoms with Gasteiger partial charge in [0, 0.05) is 13.2 Å². The molecule has 0 atom stereocenters. The zero-order chi connectivity index (χ0) is 15.9. The van der Waals surface area contributed by atoms with Crippen molar-refractivity contribution in [2.45, 2.75) is 85.7 Å². The van der Waals surface area contributed by atoms with Crippen LogP contribution < -0.4 is 5.32 Å². The summed E-state index contributed by atoms with van der Waals surface area (Å²) in [5.41, 5.74) is 0.471. The highest BCUT2D eigenvalue weighted by molar-refractivity contribution is 4.90. The van der Waals surface area contributed by atoms with Crippen LogP contribution in [0, 0.1) is 17.3 Å². The highest BCUT2D eigenvalue weighted by atomic mass is 16.5. The van der Waals surface area contributed by atoms with Crippen molar-refractivity contribution in [2.75, 3.05) is 19.7 Å². The number of hydrogen-bond acceptors (Lipinski definition) is 2. The first-order valence-electron chi connectivity index (χ1n) is 9.13. The lowest BCUT2D eigenvalue weighted by Crippen LogP contribution is -2.47. The molecule has 1 saturated carbocycles. The minimum atomic E-state index is 0.103. The number of nitrogens with one attached hydrogen (secondary N) is 1. The molecule has 0 bridgehead atoms. The molecule has 1 rings (SSSR count). The van der Waals surface area contributed by atoms with E-state index < -0.39 is 0 Å². The average molecular weight is 298 g/mol. The molecule has 0 aliphatic heterocycles. The van der Waals surface area contributed by atoms with Gasteiger partial charge in [-0.05, 0) is 62.3 Å². The van der Waals surface area contributed by atoms with Gasteiger partial charge in [-0.3, -0.25) is 0 Å². The molecule has 2 heteroatoms. The normalized spacial score (nSPS) is 27.3. The molecule has 0 aromatic carbocycles. The van der Waals surface area contributed by atoms with Crippen molar-refractivity contribution in [3.05, 3.63) is 0 Å². The van der Waals surface area contributed by atoms with E-state index in [9.17, 15) is 0 Å². The maximum Gasteiger partial charge on any atom is 0.0806 e. The first kappa shape index (κ1) is 19.0. The van der Waals surface area contributed by atoms with Crippen molar-refractivity contribution in [3.8, 4) is 0 Å². The topological polar surface area (TPSA) is 21.3 Å². The van der Waals surface area contributed by atoms with E-state index in [0.717, 1.165) is 38.0 Å². The molecule has 1 aliphatic rings. The van der Waals surface area contributed by atoms with E-state index in [0.29, 0.717) is 5.41 Å². The lowest BCUT2D eigenvalue weighted by molar-refractivity contribution is -0.0854. The molecule has 21 heavy (non-hydrogen) atoms. The van der Waals surface area contributed by atoms with E-state index in [-0.39, 0.29) is 5.60 Å². The van der Waals surface area contributed by atoms with E-state index >= 15 is 0 Å². The van der Waals surface area contributed by atoms with Crippen LogP contribution in [0.3, 0.4) is 0 Å². The van der Waals surface area contributed by atoms with E-state index in [2.05, 4.69) is 46.9 Å². The molecule has 1 N–H and O–H groups in total. The van der Waals surface area contributed by atoms with Gasteiger partial charge in [0.1, 0.15) is 0 Å². The molecular weight excluding hydrogens is 258 g/mol. The molecule has 0 heterocycles. The number of hydrogen-bond donors (Lipinski definition) is 1. The van der Waals surface area contributed by atoms with Crippen molar-refractivity contribution >= 4 is 0 Å². The van der Waals surface area contributed by atoms with E-state index in [1.165, 1.54) is 32.1 Å². The Morgan fingerprint density at radius 3 is 2.29 bits per heavy atom. The summed E-state index contributed by atoms with van der Waals surface area (Å²) in [5.74, 6) is 1.72. The maximum absolute atomic E-state index is 6.46. The van der Waals surface area contributed by atoms with E-state index in [1.807, 2.05) is 0 Å². The molecule has 1 aliphatic carbocycles. The molecule has 126 valence electrons. The van der Waals surface area contributed by atoms with Gasteiger partial charge in [0.2, 0.25) is 0 Å². The summed E-state index contributed by atoms with van der Waals surface area (Å²) in [7, 11) is 0. The summed E-state index contributed by atoms with van der Waals surface area (Å²) in [6, 6.07) is 0. The van der Waals surface area contributed by atoms with Crippen molar-refractivity contribution in [3.63, 3.8) is 0 Å². The summed E-state index contributed by atoms with van der Waals surface area (Å²) in [6.07, 6.45) is 7.48. The second-order valence-corrected chi connectivity index (χ2v) is 8.60. The van der Waals surface area contributed by atoms with E-state index in [4.69, 9.17) is 4.74 Å². The summed E-state index contributed by atoms with van der Waals surface area (Å²) < 4.78 is 6.46. The molecule has 2 nitrogen and oxygen atoms in total. The Hall–Kier alpha value is -0.0800. The van der Waals surface area contributed by atoms with Crippen LogP contribution in [-0.4, -0.2) is 25.3 Å². The monoisotopic (exact) mass is 297 g/mol. The average Bonchev–Trinajstić information content (AvgIpc) is 2.38. The second kappa shape index (κ2) is 8.53. The van der Waals surface area contributed by atoms with Crippen LogP contribution in [0.15, 0.2) is 0 Å². The lowest BCUT2D eigenvalue weighted by atomic mass is 9.74. The summed E-state index contributed by atoms with van der Waals surface area (Å²) in [4.78, 5) is 0. The van der Waals surface area contributed by atoms with Gasteiger partial charge in [0.15, 0.2) is 0 Å². The standard InChI is InChI=1S/C19H39NO/c1-7-13-20-15-19(21-14-12-18(4,5)6)10-8-17(9-11-19)16(2)3/h16-17,20H,7-15H2,1-6H3. The Kier molecular flexibility index (Phi) is 7.70. The fourth-order valence-electron chi connectivity index (χ4n) is 3.27. The minimum Gasteiger partial charge on any atom is -0.374 e. The summed E-state index contributed by atoms with van der Waals surface area (Å²) in [5, 5.41) is 3.61. The Balaban J connectivity index is 2.51. The van der Waals surface area contributed by atoms with Crippen LogP contribution in [0.5, 0.6) is 0 Å². The Labute approximate surface area is 133 Å². The fourth-order valence-corrected chi connectivity index (χ4v) is 3.27. The summed E-state index contributed by atoms with van der Waals surface area (Å²) >= 11 is 0. The molecule has 0 amide bonds. The van der Waals surface area contributed by atoms with Crippen LogP contribution in [0.4, 0.5) is 0 Å². The quantitative estimate of drug-likeness (QED) is 0.635. The van der Waals surface area contributed by atoms with Gasteiger partial charge in [-0.15, -0.1) is 0 Å². The molecule has 0 unspecified atom stereocenters. The van der Waals surface area contributed by atoms with Crippen LogP contribution in [0.25, 0.3) is 0 Å². The Bertz CT molecular complexity index is 272. The second-order valence-electron chi connectivity index (χ2n) is 8.60. The molecular formula is C19H39NO. The molecule has 1 fully saturated rings. The van der Waals surface area contributed by atoms with Gasteiger partial charge in [-0.1, -0.05) is 41.5 Å². The van der Waals surface area contributed by atoms with Crippen LogP contribution in [0.2, 0.25) is 0 Å². The van der Waals surface area contributed by atoms with Gasteiger partial charge in [-0.25, -0.2) is 0 Å². The highest BCUT2D eigenvalue weighted by Gasteiger charge is 2.36. The zero-order valence-electron chi connectivity index (χ0n) is 15.4. The SMILES string of the molecule is CCCNCC1(OCCC(C)(C)C)CCC(C(C)C)CC1. The van der Waals surface area contributed by atoms with Crippen molar-refractivity contribution in [1.29, 1.82) is 0 Å². The van der Waals surface area contributed by atoms with Crippen LogP contribution in [0.1, 0.15) is 80.1 Å². The first-order chi connectivity index (χ1) is 9.78. The molecule has 0 spiro atoms. The zero-order valence-corrected chi connectivity index (χ0v) is 15.4. The van der Waals surface area contributed by atoms with Gasteiger partial charge in [0.25, 0.3) is 0 Å². The van der Waals surface area contributed by atoms with Gasteiger partial charge < -0.3 is 10.1 Å². The van der Waals surface area contributed by atoms with Crippen molar-refractivity contribution < 1.29 is 4.74 Å².